The first-order valence-corrected chi connectivity index (χ1v) is 9.55. The molecular formula is C18H34N4O2. The second kappa shape index (κ2) is 9.37. The summed E-state index contributed by atoms with van der Waals surface area (Å²) >= 11 is 0. The van der Waals surface area contributed by atoms with E-state index in [0.717, 1.165) is 38.8 Å². The van der Waals surface area contributed by atoms with E-state index in [9.17, 15) is 9.59 Å². The van der Waals surface area contributed by atoms with Crippen LogP contribution in [-0.4, -0.2) is 78.4 Å². The Hall–Kier alpha value is -1.14. The normalized spacial score (nSPS) is 21.5. The van der Waals surface area contributed by atoms with Crippen LogP contribution in [0.2, 0.25) is 0 Å². The highest BCUT2D eigenvalue weighted by molar-refractivity contribution is 5.82. The van der Waals surface area contributed by atoms with E-state index in [0.29, 0.717) is 25.7 Å². The number of nitrogens with two attached hydrogens (primary N) is 1. The Morgan fingerprint density at radius 1 is 1.12 bits per heavy atom. The molecule has 2 fully saturated rings. The molecule has 1 unspecified atom stereocenters. The number of piperazine rings is 1. The van der Waals surface area contributed by atoms with Crippen LogP contribution in [0.1, 0.15) is 51.9 Å². The maximum Gasteiger partial charge on any atom is 0.239 e. The molecule has 1 heterocycles. The molecule has 1 atom stereocenters. The quantitative estimate of drug-likeness (QED) is 0.786. The molecule has 1 aliphatic carbocycles. The smallest absolute Gasteiger partial charge is 0.239 e. The molecule has 0 aromatic heterocycles. The first-order valence-electron chi connectivity index (χ1n) is 9.55. The number of hydrogen-bond donors (Lipinski definition) is 1. The summed E-state index contributed by atoms with van der Waals surface area (Å²) in [5, 5.41) is 0. The number of carbonyl (C=O) groups is 2. The number of likely N-dealkylation sites (N-methyl/N-ethyl adjacent to an activating group) is 1. The fraction of sp³-hybridized carbons (Fsp3) is 0.889. The minimum atomic E-state index is -0.374. The molecule has 0 radical (unpaired) electrons. The molecule has 2 aliphatic rings. The zero-order valence-corrected chi connectivity index (χ0v) is 15.4. The minimum absolute atomic E-state index is 0.0575. The van der Waals surface area contributed by atoms with Crippen molar-refractivity contribution >= 4 is 11.8 Å². The Labute approximate surface area is 146 Å². The monoisotopic (exact) mass is 338 g/mol. The number of rotatable bonds is 6. The van der Waals surface area contributed by atoms with Gasteiger partial charge in [0.2, 0.25) is 11.8 Å². The van der Waals surface area contributed by atoms with Gasteiger partial charge in [-0.3, -0.25) is 14.5 Å². The molecule has 0 spiro atoms. The van der Waals surface area contributed by atoms with Gasteiger partial charge in [-0.2, -0.15) is 0 Å². The summed E-state index contributed by atoms with van der Waals surface area (Å²) < 4.78 is 0. The van der Waals surface area contributed by atoms with E-state index in [1.807, 2.05) is 23.8 Å². The lowest BCUT2D eigenvalue weighted by Crippen LogP contribution is -2.55. The average molecular weight is 338 g/mol. The molecular weight excluding hydrogens is 304 g/mol. The van der Waals surface area contributed by atoms with Crippen molar-refractivity contribution in [1.29, 1.82) is 0 Å². The summed E-state index contributed by atoms with van der Waals surface area (Å²) in [6.07, 6.45) is 7.72. The van der Waals surface area contributed by atoms with E-state index in [4.69, 9.17) is 5.73 Å². The summed E-state index contributed by atoms with van der Waals surface area (Å²) in [6, 6.07) is 0.0433. The zero-order valence-electron chi connectivity index (χ0n) is 15.4. The van der Waals surface area contributed by atoms with Gasteiger partial charge < -0.3 is 15.5 Å². The first kappa shape index (κ1) is 19.2. The molecule has 0 bridgehead atoms. The third-order valence-corrected chi connectivity index (χ3v) is 5.48. The van der Waals surface area contributed by atoms with Crippen LogP contribution in [0.5, 0.6) is 0 Å². The predicted molar refractivity (Wildman–Crippen MR) is 95.5 cm³/mol. The lowest BCUT2D eigenvalue weighted by molar-refractivity contribution is -0.136. The fourth-order valence-electron chi connectivity index (χ4n) is 3.77. The van der Waals surface area contributed by atoms with E-state index in [2.05, 4.69) is 4.90 Å². The Balaban J connectivity index is 1.74. The van der Waals surface area contributed by atoms with Gasteiger partial charge in [0.25, 0.3) is 0 Å². The fourth-order valence-corrected chi connectivity index (χ4v) is 3.77. The SMILES string of the molecule is CCCC(N)C(=O)N1CCN(CC(=O)N(C)C2CCCCC2)CC1. The summed E-state index contributed by atoms with van der Waals surface area (Å²) in [5.41, 5.74) is 5.93. The van der Waals surface area contributed by atoms with E-state index in [-0.39, 0.29) is 17.9 Å². The predicted octanol–water partition coefficient (Wildman–Crippen LogP) is 1.05. The van der Waals surface area contributed by atoms with Gasteiger partial charge in [-0.15, -0.1) is 0 Å². The zero-order chi connectivity index (χ0) is 17.5. The summed E-state index contributed by atoms with van der Waals surface area (Å²) in [5.74, 6) is 0.270. The van der Waals surface area contributed by atoms with E-state index < -0.39 is 0 Å². The van der Waals surface area contributed by atoms with Gasteiger partial charge in [0.05, 0.1) is 12.6 Å². The summed E-state index contributed by atoms with van der Waals surface area (Å²) in [7, 11) is 1.95. The molecule has 0 aromatic carbocycles. The first-order chi connectivity index (χ1) is 11.5. The molecule has 2 rings (SSSR count). The minimum Gasteiger partial charge on any atom is -0.342 e. The largest absolute Gasteiger partial charge is 0.342 e. The molecule has 2 N–H and O–H groups in total. The van der Waals surface area contributed by atoms with Crippen LogP contribution in [0.4, 0.5) is 0 Å². The molecule has 138 valence electrons. The standard InChI is InChI=1S/C18H34N4O2/c1-3-7-16(19)18(24)22-12-10-21(11-13-22)14-17(23)20(2)15-8-5-4-6-9-15/h15-16H,3-14,19H2,1-2H3. The van der Waals surface area contributed by atoms with Gasteiger partial charge >= 0.3 is 0 Å². The van der Waals surface area contributed by atoms with Crippen molar-refractivity contribution in [3.63, 3.8) is 0 Å². The number of amides is 2. The van der Waals surface area contributed by atoms with Crippen molar-refractivity contribution in [2.75, 3.05) is 39.8 Å². The van der Waals surface area contributed by atoms with Crippen LogP contribution in [-0.2, 0) is 9.59 Å². The van der Waals surface area contributed by atoms with Crippen molar-refractivity contribution < 1.29 is 9.59 Å². The van der Waals surface area contributed by atoms with Crippen molar-refractivity contribution in [1.82, 2.24) is 14.7 Å². The molecule has 1 aliphatic heterocycles. The number of carbonyl (C=O) groups excluding carboxylic acids is 2. The van der Waals surface area contributed by atoms with Crippen LogP contribution in [0.3, 0.4) is 0 Å². The van der Waals surface area contributed by atoms with E-state index in [1.54, 1.807) is 0 Å². The average Bonchev–Trinajstić information content (AvgIpc) is 2.62. The molecule has 6 heteroatoms. The maximum atomic E-state index is 12.5. The van der Waals surface area contributed by atoms with Gasteiger partial charge in [-0.1, -0.05) is 32.6 Å². The molecule has 0 aromatic rings. The summed E-state index contributed by atoms with van der Waals surface area (Å²) in [6.45, 7) is 5.38. The third-order valence-electron chi connectivity index (χ3n) is 5.48. The van der Waals surface area contributed by atoms with E-state index >= 15 is 0 Å². The van der Waals surface area contributed by atoms with Crippen LogP contribution >= 0.6 is 0 Å². The molecule has 1 saturated heterocycles. The highest BCUT2D eigenvalue weighted by atomic mass is 16.2. The Kier molecular flexibility index (Phi) is 7.49. The van der Waals surface area contributed by atoms with Crippen LogP contribution in [0, 0.1) is 0 Å². The van der Waals surface area contributed by atoms with Crippen molar-refractivity contribution in [2.45, 2.75) is 64.0 Å². The second-order valence-corrected chi connectivity index (χ2v) is 7.29. The molecule has 1 saturated carbocycles. The molecule has 6 nitrogen and oxygen atoms in total. The van der Waals surface area contributed by atoms with Crippen molar-refractivity contribution in [3.05, 3.63) is 0 Å². The van der Waals surface area contributed by atoms with Crippen LogP contribution in [0.15, 0.2) is 0 Å². The topological polar surface area (TPSA) is 69.9 Å². The van der Waals surface area contributed by atoms with Crippen molar-refractivity contribution in [3.8, 4) is 0 Å². The van der Waals surface area contributed by atoms with Gasteiger partial charge in [-0.25, -0.2) is 0 Å². The van der Waals surface area contributed by atoms with E-state index in [1.165, 1.54) is 19.3 Å². The highest BCUT2D eigenvalue weighted by Crippen LogP contribution is 2.21. The van der Waals surface area contributed by atoms with Gasteiger partial charge in [0, 0.05) is 39.3 Å². The Bertz CT molecular complexity index is 415. The molecule has 2 amide bonds. The number of nitrogens with zero attached hydrogens (tertiary/aromatic N) is 3. The highest BCUT2D eigenvalue weighted by Gasteiger charge is 2.27. The molecule has 24 heavy (non-hydrogen) atoms. The number of hydrogen-bond acceptors (Lipinski definition) is 4. The lowest BCUT2D eigenvalue weighted by atomic mass is 9.94. The van der Waals surface area contributed by atoms with Crippen LogP contribution < -0.4 is 5.73 Å². The van der Waals surface area contributed by atoms with Crippen molar-refractivity contribution in [2.24, 2.45) is 5.73 Å². The maximum absolute atomic E-state index is 12.5. The second-order valence-electron chi connectivity index (χ2n) is 7.29. The van der Waals surface area contributed by atoms with Gasteiger partial charge in [-0.05, 0) is 19.3 Å². The summed E-state index contributed by atoms with van der Waals surface area (Å²) in [4.78, 5) is 30.7. The third kappa shape index (κ3) is 5.18. The van der Waals surface area contributed by atoms with Gasteiger partial charge in [0.15, 0.2) is 0 Å². The Morgan fingerprint density at radius 2 is 1.75 bits per heavy atom. The lowest BCUT2D eigenvalue weighted by Gasteiger charge is -2.37. The Morgan fingerprint density at radius 3 is 2.33 bits per heavy atom. The van der Waals surface area contributed by atoms with Gasteiger partial charge in [0.1, 0.15) is 0 Å². The van der Waals surface area contributed by atoms with Crippen LogP contribution in [0.25, 0.3) is 0 Å².